The molecule has 1 aromatic heterocycles. The number of amides is 1. The van der Waals surface area contributed by atoms with Crippen LogP contribution in [0.2, 0.25) is 0 Å². The summed E-state index contributed by atoms with van der Waals surface area (Å²) in [4.78, 5) is 22.8. The number of fused-ring (bicyclic) bond motifs is 1. The van der Waals surface area contributed by atoms with Gasteiger partial charge in [0.15, 0.2) is 0 Å². The van der Waals surface area contributed by atoms with Gasteiger partial charge in [-0.1, -0.05) is 12.1 Å². The van der Waals surface area contributed by atoms with Crippen LogP contribution < -0.4 is 16.0 Å². The lowest BCUT2D eigenvalue weighted by atomic mass is 10.2. The van der Waals surface area contributed by atoms with Crippen LogP contribution in [0.25, 0.3) is 10.9 Å². The van der Waals surface area contributed by atoms with Crippen LogP contribution in [0.3, 0.4) is 0 Å². The lowest BCUT2D eigenvalue weighted by Gasteiger charge is -2.25. The molecule has 2 aromatic rings. The molecule has 0 saturated carbocycles. The molecule has 6 heteroatoms. The van der Waals surface area contributed by atoms with Crippen molar-refractivity contribution in [2.45, 2.75) is 25.8 Å². The van der Waals surface area contributed by atoms with Crippen molar-refractivity contribution in [3.05, 3.63) is 24.3 Å². The van der Waals surface area contributed by atoms with E-state index in [0.29, 0.717) is 5.95 Å². The Kier molecular flexibility index (Phi) is 3.60. The highest BCUT2D eigenvalue weighted by atomic mass is 16.1. The molecule has 3 N–H and O–H groups in total. The zero-order chi connectivity index (χ0) is 14.8. The van der Waals surface area contributed by atoms with Gasteiger partial charge < -0.3 is 16.0 Å². The molecular weight excluding hydrogens is 266 g/mol. The summed E-state index contributed by atoms with van der Waals surface area (Å²) in [5.41, 5.74) is 6.40. The normalized spacial score (nSPS) is 18.1. The Morgan fingerprint density at radius 2 is 2.24 bits per heavy atom. The molecule has 110 valence electrons. The smallest absolute Gasteiger partial charge is 0.240 e. The van der Waals surface area contributed by atoms with E-state index in [1.807, 2.05) is 36.1 Å². The summed E-state index contributed by atoms with van der Waals surface area (Å²) in [6.45, 7) is 3.54. The fourth-order valence-electron chi connectivity index (χ4n) is 2.83. The molecule has 0 bridgehead atoms. The van der Waals surface area contributed by atoms with Gasteiger partial charge in [0.1, 0.15) is 11.9 Å². The van der Waals surface area contributed by atoms with E-state index in [2.05, 4.69) is 15.3 Å². The first kappa shape index (κ1) is 13.6. The maximum atomic E-state index is 11.7. The van der Waals surface area contributed by atoms with E-state index in [1.54, 1.807) is 0 Å². The van der Waals surface area contributed by atoms with Gasteiger partial charge in [-0.3, -0.25) is 4.79 Å². The predicted molar refractivity (Wildman–Crippen MR) is 83.3 cm³/mol. The van der Waals surface area contributed by atoms with Gasteiger partial charge in [-0.05, 0) is 31.9 Å². The van der Waals surface area contributed by atoms with E-state index in [0.717, 1.165) is 42.7 Å². The van der Waals surface area contributed by atoms with Crippen LogP contribution in [-0.2, 0) is 4.79 Å². The Morgan fingerprint density at radius 3 is 3.00 bits per heavy atom. The third-order valence-corrected chi connectivity index (χ3v) is 3.77. The first-order valence-electron chi connectivity index (χ1n) is 7.27. The van der Waals surface area contributed by atoms with Crippen LogP contribution in [0, 0.1) is 0 Å². The van der Waals surface area contributed by atoms with Crippen LogP contribution in [0.4, 0.5) is 11.8 Å². The van der Waals surface area contributed by atoms with Crippen molar-refractivity contribution >= 4 is 28.6 Å². The lowest BCUT2D eigenvalue weighted by Crippen LogP contribution is -2.41. The minimum Gasteiger partial charge on any atom is -0.368 e. The van der Waals surface area contributed by atoms with Crippen LogP contribution in [-0.4, -0.2) is 35.0 Å². The molecule has 0 spiro atoms. The number of nitrogens with zero attached hydrogens (tertiary/aromatic N) is 3. The van der Waals surface area contributed by atoms with Crippen LogP contribution >= 0.6 is 0 Å². The molecule has 0 aliphatic carbocycles. The van der Waals surface area contributed by atoms with Crippen molar-refractivity contribution in [3.8, 4) is 0 Å². The van der Waals surface area contributed by atoms with Gasteiger partial charge in [0, 0.05) is 18.5 Å². The lowest BCUT2D eigenvalue weighted by molar-refractivity contribution is -0.119. The van der Waals surface area contributed by atoms with E-state index < -0.39 is 0 Å². The maximum absolute atomic E-state index is 11.7. The monoisotopic (exact) mass is 285 g/mol. The first-order valence-corrected chi connectivity index (χ1v) is 7.27. The molecule has 3 rings (SSSR count). The van der Waals surface area contributed by atoms with Gasteiger partial charge in [-0.15, -0.1) is 0 Å². The van der Waals surface area contributed by atoms with Gasteiger partial charge in [-0.2, -0.15) is 4.98 Å². The highest BCUT2D eigenvalue weighted by molar-refractivity contribution is 5.93. The standard InChI is InChI=1S/C15H19N5O/c1-2-17-15-18-11-7-4-3-6-10(11)14(19-15)20-9-5-8-12(20)13(16)21/h3-4,6-7,12H,2,5,8-9H2,1H3,(H2,16,21)(H,17,18,19). The molecule has 1 fully saturated rings. The Morgan fingerprint density at radius 1 is 1.43 bits per heavy atom. The van der Waals surface area contributed by atoms with Gasteiger partial charge in [0.25, 0.3) is 0 Å². The maximum Gasteiger partial charge on any atom is 0.240 e. The van der Waals surface area contributed by atoms with E-state index in [-0.39, 0.29) is 11.9 Å². The van der Waals surface area contributed by atoms with Crippen molar-refractivity contribution in [3.63, 3.8) is 0 Å². The third kappa shape index (κ3) is 2.49. The van der Waals surface area contributed by atoms with Crippen LogP contribution in [0.1, 0.15) is 19.8 Å². The molecule has 1 saturated heterocycles. The molecule has 1 unspecified atom stereocenters. The molecule has 1 aromatic carbocycles. The number of rotatable bonds is 4. The molecular formula is C15H19N5O. The SMILES string of the molecule is CCNc1nc(N2CCCC2C(N)=O)c2ccccc2n1. The summed E-state index contributed by atoms with van der Waals surface area (Å²) in [5.74, 6) is 1.08. The zero-order valence-corrected chi connectivity index (χ0v) is 12.0. The van der Waals surface area contributed by atoms with E-state index >= 15 is 0 Å². The Bertz CT molecular complexity index is 672. The summed E-state index contributed by atoms with van der Waals surface area (Å²) < 4.78 is 0. The number of benzene rings is 1. The molecule has 1 aliphatic rings. The fourth-order valence-corrected chi connectivity index (χ4v) is 2.83. The van der Waals surface area contributed by atoms with E-state index in [4.69, 9.17) is 5.73 Å². The second kappa shape index (κ2) is 5.55. The van der Waals surface area contributed by atoms with E-state index in [9.17, 15) is 4.79 Å². The predicted octanol–water partition coefficient (Wildman–Crippen LogP) is 1.52. The average molecular weight is 285 g/mol. The zero-order valence-electron chi connectivity index (χ0n) is 12.0. The fraction of sp³-hybridized carbons (Fsp3) is 0.400. The van der Waals surface area contributed by atoms with Crippen molar-refractivity contribution < 1.29 is 4.79 Å². The van der Waals surface area contributed by atoms with Gasteiger partial charge in [0.05, 0.1) is 5.52 Å². The summed E-state index contributed by atoms with van der Waals surface area (Å²) >= 11 is 0. The average Bonchev–Trinajstić information content (AvgIpc) is 2.96. The third-order valence-electron chi connectivity index (χ3n) is 3.77. The second-order valence-corrected chi connectivity index (χ2v) is 5.17. The van der Waals surface area contributed by atoms with Crippen molar-refractivity contribution in [1.29, 1.82) is 0 Å². The largest absolute Gasteiger partial charge is 0.368 e. The minimum atomic E-state index is -0.291. The number of carbonyl (C=O) groups excluding carboxylic acids is 1. The number of anilines is 2. The first-order chi connectivity index (χ1) is 10.2. The highest BCUT2D eigenvalue weighted by Crippen LogP contribution is 2.30. The van der Waals surface area contributed by atoms with Crippen LogP contribution in [0.5, 0.6) is 0 Å². The Labute approximate surface area is 123 Å². The molecule has 21 heavy (non-hydrogen) atoms. The van der Waals surface area contributed by atoms with Crippen LogP contribution in [0.15, 0.2) is 24.3 Å². The number of nitrogens with one attached hydrogen (secondary N) is 1. The molecule has 2 heterocycles. The molecule has 0 radical (unpaired) electrons. The van der Waals surface area contributed by atoms with E-state index in [1.165, 1.54) is 0 Å². The number of primary amides is 1. The quantitative estimate of drug-likeness (QED) is 0.889. The second-order valence-electron chi connectivity index (χ2n) is 5.17. The van der Waals surface area contributed by atoms with Crippen molar-refractivity contribution in [2.24, 2.45) is 5.73 Å². The number of para-hydroxylation sites is 1. The number of aromatic nitrogens is 2. The number of nitrogens with two attached hydrogens (primary N) is 1. The summed E-state index contributed by atoms with van der Waals surface area (Å²) in [6.07, 6.45) is 1.73. The van der Waals surface area contributed by atoms with Gasteiger partial charge in [-0.25, -0.2) is 4.98 Å². The number of carbonyl (C=O) groups is 1. The van der Waals surface area contributed by atoms with Gasteiger partial charge in [0.2, 0.25) is 11.9 Å². The Balaban J connectivity index is 2.13. The minimum absolute atomic E-state index is 0.280. The number of hydrogen-bond acceptors (Lipinski definition) is 5. The molecule has 1 amide bonds. The van der Waals surface area contributed by atoms with Crippen molar-refractivity contribution in [2.75, 3.05) is 23.3 Å². The molecule has 1 atom stereocenters. The summed E-state index contributed by atoms with van der Waals surface area (Å²) in [7, 11) is 0. The number of hydrogen-bond donors (Lipinski definition) is 2. The summed E-state index contributed by atoms with van der Waals surface area (Å²) in [5, 5.41) is 4.09. The topological polar surface area (TPSA) is 84.1 Å². The van der Waals surface area contributed by atoms with Crippen molar-refractivity contribution in [1.82, 2.24) is 9.97 Å². The summed E-state index contributed by atoms with van der Waals surface area (Å²) in [6, 6.07) is 7.56. The van der Waals surface area contributed by atoms with Gasteiger partial charge >= 0.3 is 0 Å². The molecule has 1 aliphatic heterocycles. The highest BCUT2D eigenvalue weighted by Gasteiger charge is 2.31. The Hall–Kier alpha value is -2.37. The molecule has 6 nitrogen and oxygen atoms in total.